The van der Waals surface area contributed by atoms with Gasteiger partial charge in [0.05, 0.1) is 0 Å². The summed E-state index contributed by atoms with van der Waals surface area (Å²) in [6, 6.07) is 3.62. The summed E-state index contributed by atoms with van der Waals surface area (Å²) in [7, 11) is 0. The van der Waals surface area contributed by atoms with Crippen molar-refractivity contribution in [1.29, 1.82) is 0 Å². The first-order chi connectivity index (χ1) is 11.1. The molecule has 8 heteroatoms. The SMILES string of the molecule is CCc1nnc(N2CCN(C(=O)c3ccc(F)c(F)c3)CC2)o1. The number of anilines is 1. The van der Waals surface area contributed by atoms with Crippen molar-refractivity contribution in [3.05, 3.63) is 41.3 Å². The van der Waals surface area contributed by atoms with Gasteiger partial charge in [0.25, 0.3) is 5.91 Å². The van der Waals surface area contributed by atoms with E-state index in [9.17, 15) is 13.6 Å². The molecule has 1 aliphatic heterocycles. The van der Waals surface area contributed by atoms with Crippen LogP contribution in [0.3, 0.4) is 0 Å². The third kappa shape index (κ3) is 3.15. The van der Waals surface area contributed by atoms with Crippen LogP contribution in [0.5, 0.6) is 0 Å². The molecule has 1 aromatic heterocycles. The van der Waals surface area contributed by atoms with Crippen molar-refractivity contribution in [2.24, 2.45) is 0 Å². The molecule has 3 rings (SSSR count). The van der Waals surface area contributed by atoms with Crippen LogP contribution in [0, 0.1) is 11.6 Å². The molecule has 2 heterocycles. The van der Waals surface area contributed by atoms with Crippen molar-refractivity contribution >= 4 is 11.9 Å². The Morgan fingerprint density at radius 2 is 1.91 bits per heavy atom. The second-order valence-electron chi connectivity index (χ2n) is 5.24. The summed E-state index contributed by atoms with van der Waals surface area (Å²) >= 11 is 0. The molecule has 1 aliphatic rings. The van der Waals surface area contributed by atoms with E-state index in [4.69, 9.17) is 4.42 Å². The molecule has 6 nitrogen and oxygen atoms in total. The van der Waals surface area contributed by atoms with Crippen LogP contribution in [0.2, 0.25) is 0 Å². The van der Waals surface area contributed by atoms with Crippen LogP contribution in [0.25, 0.3) is 0 Å². The molecule has 122 valence electrons. The van der Waals surface area contributed by atoms with Crippen LogP contribution in [-0.4, -0.2) is 47.2 Å². The molecule has 23 heavy (non-hydrogen) atoms. The number of hydrogen-bond donors (Lipinski definition) is 0. The lowest BCUT2D eigenvalue weighted by Gasteiger charge is -2.33. The average Bonchev–Trinajstić information content (AvgIpc) is 3.06. The largest absolute Gasteiger partial charge is 0.408 e. The maximum atomic E-state index is 13.2. The minimum absolute atomic E-state index is 0.142. The van der Waals surface area contributed by atoms with E-state index >= 15 is 0 Å². The Kier molecular flexibility index (Phi) is 4.22. The number of rotatable bonds is 3. The Bertz CT molecular complexity index is 711. The van der Waals surface area contributed by atoms with Crippen LogP contribution >= 0.6 is 0 Å². The highest BCUT2D eigenvalue weighted by molar-refractivity contribution is 5.94. The van der Waals surface area contributed by atoms with E-state index < -0.39 is 11.6 Å². The number of aromatic nitrogens is 2. The average molecular weight is 322 g/mol. The Morgan fingerprint density at radius 1 is 1.17 bits per heavy atom. The normalized spacial score (nSPS) is 15.1. The first kappa shape index (κ1) is 15.4. The van der Waals surface area contributed by atoms with Crippen molar-refractivity contribution in [3.8, 4) is 0 Å². The zero-order chi connectivity index (χ0) is 16.4. The van der Waals surface area contributed by atoms with Gasteiger partial charge in [-0.15, -0.1) is 5.10 Å². The van der Waals surface area contributed by atoms with Crippen LogP contribution < -0.4 is 4.90 Å². The number of carbonyl (C=O) groups is 1. The van der Waals surface area contributed by atoms with Gasteiger partial charge in [-0.1, -0.05) is 12.0 Å². The first-order valence-corrected chi connectivity index (χ1v) is 7.40. The van der Waals surface area contributed by atoms with E-state index in [1.165, 1.54) is 6.07 Å². The molecule has 1 fully saturated rings. The van der Waals surface area contributed by atoms with Gasteiger partial charge in [0.1, 0.15) is 0 Å². The molecule has 0 atom stereocenters. The molecule has 1 saturated heterocycles. The van der Waals surface area contributed by atoms with Crippen LogP contribution in [0.15, 0.2) is 22.6 Å². The summed E-state index contributed by atoms with van der Waals surface area (Å²) in [6.45, 7) is 3.90. The predicted molar refractivity (Wildman–Crippen MR) is 78.2 cm³/mol. The number of benzene rings is 1. The first-order valence-electron chi connectivity index (χ1n) is 7.40. The van der Waals surface area contributed by atoms with Crippen LogP contribution in [-0.2, 0) is 6.42 Å². The molecule has 0 aliphatic carbocycles. The van der Waals surface area contributed by atoms with E-state index in [1.54, 1.807) is 4.90 Å². The molecular formula is C15H16F2N4O2. The van der Waals surface area contributed by atoms with Crippen molar-refractivity contribution in [1.82, 2.24) is 15.1 Å². The lowest BCUT2D eigenvalue weighted by molar-refractivity contribution is 0.0744. The van der Waals surface area contributed by atoms with E-state index in [0.717, 1.165) is 12.1 Å². The Labute approximate surface area is 131 Å². The zero-order valence-electron chi connectivity index (χ0n) is 12.6. The van der Waals surface area contributed by atoms with Gasteiger partial charge in [-0.2, -0.15) is 0 Å². The molecule has 0 spiro atoms. The summed E-state index contributed by atoms with van der Waals surface area (Å²) in [5, 5.41) is 7.89. The third-order valence-electron chi connectivity index (χ3n) is 3.76. The number of hydrogen-bond acceptors (Lipinski definition) is 5. The summed E-state index contributed by atoms with van der Waals surface area (Å²) in [5.74, 6) is -1.73. The molecule has 1 amide bonds. The second-order valence-corrected chi connectivity index (χ2v) is 5.24. The second kappa shape index (κ2) is 6.31. The molecule has 2 aromatic rings. The molecule has 0 saturated carbocycles. The number of carbonyl (C=O) groups excluding carboxylic acids is 1. The molecule has 0 bridgehead atoms. The van der Waals surface area contributed by atoms with E-state index in [-0.39, 0.29) is 11.5 Å². The van der Waals surface area contributed by atoms with Gasteiger partial charge in [-0.25, -0.2) is 8.78 Å². The van der Waals surface area contributed by atoms with Gasteiger partial charge >= 0.3 is 6.01 Å². The predicted octanol–water partition coefficient (Wildman–Crippen LogP) is 1.87. The standard InChI is InChI=1S/C15H16F2N4O2/c1-2-13-18-19-15(23-13)21-7-5-20(6-8-21)14(22)10-3-4-11(16)12(17)9-10/h3-4,9H,2,5-8H2,1H3. The number of amides is 1. The minimum Gasteiger partial charge on any atom is -0.408 e. The summed E-state index contributed by atoms with van der Waals surface area (Å²) in [5.41, 5.74) is 0.142. The molecule has 0 radical (unpaired) electrons. The van der Waals surface area contributed by atoms with Crippen molar-refractivity contribution in [2.45, 2.75) is 13.3 Å². The maximum Gasteiger partial charge on any atom is 0.318 e. The highest BCUT2D eigenvalue weighted by atomic mass is 19.2. The van der Waals surface area contributed by atoms with Gasteiger partial charge in [0.15, 0.2) is 11.6 Å². The third-order valence-corrected chi connectivity index (χ3v) is 3.76. The van der Waals surface area contributed by atoms with E-state index in [0.29, 0.717) is 44.5 Å². The number of halogens is 2. The maximum absolute atomic E-state index is 13.2. The Hall–Kier alpha value is -2.51. The fourth-order valence-corrected chi connectivity index (χ4v) is 2.43. The zero-order valence-corrected chi connectivity index (χ0v) is 12.6. The van der Waals surface area contributed by atoms with E-state index in [2.05, 4.69) is 10.2 Å². The van der Waals surface area contributed by atoms with Crippen molar-refractivity contribution in [3.63, 3.8) is 0 Å². The van der Waals surface area contributed by atoms with Crippen molar-refractivity contribution in [2.75, 3.05) is 31.1 Å². The van der Waals surface area contributed by atoms with Crippen LogP contribution in [0.4, 0.5) is 14.8 Å². The fraction of sp³-hybridized carbons (Fsp3) is 0.400. The lowest BCUT2D eigenvalue weighted by atomic mass is 10.1. The number of aryl methyl sites for hydroxylation is 1. The Balaban J connectivity index is 1.63. The number of piperazine rings is 1. The topological polar surface area (TPSA) is 62.5 Å². The summed E-state index contributed by atoms with van der Waals surface area (Å²) < 4.78 is 31.7. The smallest absolute Gasteiger partial charge is 0.318 e. The molecule has 0 N–H and O–H groups in total. The highest BCUT2D eigenvalue weighted by Crippen LogP contribution is 2.17. The van der Waals surface area contributed by atoms with Gasteiger partial charge in [0.2, 0.25) is 5.89 Å². The molecule has 0 unspecified atom stereocenters. The molecule has 1 aromatic carbocycles. The fourth-order valence-electron chi connectivity index (χ4n) is 2.43. The molecular weight excluding hydrogens is 306 g/mol. The monoisotopic (exact) mass is 322 g/mol. The van der Waals surface area contributed by atoms with Gasteiger partial charge in [0, 0.05) is 38.2 Å². The van der Waals surface area contributed by atoms with Gasteiger partial charge in [-0.05, 0) is 18.2 Å². The van der Waals surface area contributed by atoms with Crippen LogP contribution in [0.1, 0.15) is 23.2 Å². The van der Waals surface area contributed by atoms with Crippen molar-refractivity contribution < 1.29 is 18.0 Å². The van der Waals surface area contributed by atoms with Gasteiger partial charge < -0.3 is 14.2 Å². The quantitative estimate of drug-likeness (QED) is 0.863. The lowest BCUT2D eigenvalue weighted by Crippen LogP contribution is -2.49. The van der Waals surface area contributed by atoms with E-state index in [1.807, 2.05) is 11.8 Å². The number of nitrogens with zero attached hydrogens (tertiary/aromatic N) is 4. The highest BCUT2D eigenvalue weighted by Gasteiger charge is 2.25. The minimum atomic E-state index is -1.02. The summed E-state index contributed by atoms with van der Waals surface area (Å²) in [6.07, 6.45) is 0.668. The van der Waals surface area contributed by atoms with Gasteiger partial charge in [-0.3, -0.25) is 4.79 Å². The Morgan fingerprint density at radius 3 is 2.52 bits per heavy atom. The summed E-state index contributed by atoms with van der Waals surface area (Å²) in [4.78, 5) is 15.8.